The highest BCUT2D eigenvalue weighted by Crippen LogP contribution is 2.22. The number of hydrogen-bond acceptors (Lipinski definition) is 5. The molecule has 1 amide bonds. The Morgan fingerprint density at radius 2 is 2.04 bits per heavy atom. The summed E-state index contributed by atoms with van der Waals surface area (Å²) in [7, 11) is 0. The SMILES string of the molecule is O=C(/C=C/c1cccnc1)NCCNc1ccccc1[N+](=O)[O-]. The largest absolute Gasteiger partial charge is 0.378 e. The van der Waals surface area contributed by atoms with Crippen LogP contribution in [0.2, 0.25) is 0 Å². The van der Waals surface area contributed by atoms with E-state index in [1.54, 1.807) is 42.7 Å². The molecule has 0 bridgehead atoms. The van der Waals surface area contributed by atoms with Crippen LogP contribution in [0.5, 0.6) is 0 Å². The van der Waals surface area contributed by atoms with Gasteiger partial charge >= 0.3 is 0 Å². The summed E-state index contributed by atoms with van der Waals surface area (Å²) in [6.07, 6.45) is 6.39. The highest BCUT2D eigenvalue weighted by molar-refractivity contribution is 5.91. The highest BCUT2D eigenvalue weighted by atomic mass is 16.6. The summed E-state index contributed by atoms with van der Waals surface area (Å²) in [6.45, 7) is 0.736. The van der Waals surface area contributed by atoms with Crippen molar-refractivity contribution in [2.45, 2.75) is 0 Å². The van der Waals surface area contributed by atoms with Gasteiger partial charge in [-0.1, -0.05) is 18.2 Å². The number of carbonyl (C=O) groups excluding carboxylic acids is 1. The fraction of sp³-hybridized carbons (Fsp3) is 0.125. The Balaban J connectivity index is 1.76. The molecule has 7 nitrogen and oxygen atoms in total. The number of amides is 1. The van der Waals surface area contributed by atoms with Gasteiger partial charge in [-0.2, -0.15) is 0 Å². The van der Waals surface area contributed by atoms with Crippen molar-refractivity contribution in [1.29, 1.82) is 0 Å². The third-order valence-corrected chi connectivity index (χ3v) is 2.95. The van der Waals surface area contributed by atoms with Gasteiger partial charge in [0.2, 0.25) is 5.91 Å². The van der Waals surface area contributed by atoms with Crippen molar-refractivity contribution in [2.75, 3.05) is 18.4 Å². The van der Waals surface area contributed by atoms with Crippen LogP contribution in [0.15, 0.2) is 54.9 Å². The lowest BCUT2D eigenvalue weighted by molar-refractivity contribution is -0.384. The first-order valence-electron chi connectivity index (χ1n) is 7.00. The van der Waals surface area contributed by atoms with E-state index in [2.05, 4.69) is 15.6 Å². The molecule has 0 aliphatic carbocycles. The van der Waals surface area contributed by atoms with E-state index in [1.807, 2.05) is 6.07 Å². The zero-order valence-corrected chi connectivity index (χ0v) is 12.3. The van der Waals surface area contributed by atoms with Crippen LogP contribution < -0.4 is 10.6 Å². The molecule has 1 aromatic carbocycles. The molecule has 7 heteroatoms. The number of anilines is 1. The smallest absolute Gasteiger partial charge is 0.292 e. The van der Waals surface area contributed by atoms with E-state index in [0.717, 1.165) is 5.56 Å². The predicted octanol–water partition coefficient (Wildman–Crippen LogP) is 2.23. The van der Waals surface area contributed by atoms with Gasteiger partial charge in [-0.15, -0.1) is 0 Å². The number of pyridine rings is 1. The summed E-state index contributed by atoms with van der Waals surface area (Å²) in [5.74, 6) is -0.238. The van der Waals surface area contributed by atoms with Crippen LogP contribution in [-0.4, -0.2) is 28.9 Å². The number of hydrogen-bond donors (Lipinski definition) is 2. The standard InChI is InChI=1S/C16H16N4O3/c21-16(8-7-13-4-3-9-17-12-13)19-11-10-18-14-5-1-2-6-15(14)20(22)23/h1-9,12,18H,10-11H2,(H,19,21)/b8-7+. The van der Waals surface area contributed by atoms with Crippen molar-refractivity contribution in [3.05, 3.63) is 70.5 Å². The van der Waals surface area contributed by atoms with Gasteiger partial charge in [0.25, 0.3) is 5.69 Å². The average Bonchev–Trinajstić information content (AvgIpc) is 2.58. The van der Waals surface area contributed by atoms with Gasteiger partial charge in [0.1, 0.15) is 5.69 Å². The number of nitrogens with zero attached hydrogens (tertiary/aromatic N) is 2. The number of nitrogens with one attached hydrogen (secondary N) is 2. The molecular formula is C16H16N4O3. The fourth-order valence-corrected chi connectivity index (χ4v) is 1.87. The molecule has 0 atom stereocenters. The second-order valence-electron chi connectivity index (χ2n) is 4.61. The summed E-state index contributed by atoms with van der Waals surface area (Å²) < 4.78 is 0. The molecule has 2 rings (SSSR count). The molecule has 0 radical (unpaired) electrons. The van der Waals surface area contributed by atoms with Crippen molar-refractivity contribution in [3.63, 3.8) is 0 Å². The minimum Gasteiger partial charge on any atom is -0.378 e. The van der Waals surface area contributed by atoms with Crippen molar-refractivity contribution in [3.8, 4) is 0 Å². The molecule has 0 spiro atoms. The van der Waals surface area contributed by atoms with E-state index in [0.29, 0.717) is 18.8 Å². The molecule has 2 aromatic rings. The number of carbonyl (C=O) groups is 1. The molecule has 0 aliphatic heterocycles. The molecule has 2 N–H and O–H groups in total. The van der Waals surface area contributed by atoms with E-state index in [-0.39, 0.29) is 11.6 Å². The number of nitro benzene ring substituents is 1. The van der Waals surface area contributed by atoms with Crippen LogP contribution in [0, 0.1) is 10.1 Å². The predicted molar refractivity (Wildman–Crippen MR) is 87.9 cm³/mol. The average molecular weight is 312 g/mol. The molecule has 1 aromatic heterocycles. The van der Waals surface area contributed by atoms with Crippen LogP contribution in [0.3, 0.4) is 0 Å². The monoisotopic (exact) mass is 312 g/mol. The van der Waals surface area contributed by atoms with Crippen molar-refractivity contribution < 1.29 is 9.72 Å². The van der Waals surface area contributed by atoms with Crippen LogP contribution in [-0.2, 0) is 4.79 Å². The summed E-state index contributed by atoms with van der Waals surface area (Å²) in [6, 6.07) is 10.00. The molecule has 0 unspecified atom stereocenters. The van der Waals surface area contributed by atoms with Crippen LogP contribution >= 0.6 is 0 Å². The topological polar surface area (TPSA) is 97.2 Å². The first kappa shape index (κ1) is 16.2. The molecule has 0 fully saturated rings. The van der Waals surface area contributed by atoms with Gasteiger partial charge in [-0.25, -0.2) is 0 Å². The Bertz CT molecular complexity index is 701. The molecular weight excluding hydrogens is 296 g/mol. The molecule has 1 heterocycles. The Morgan fingerprint density at radius 1 is 1.22 bits per heavy atom. The van der Waals surface area contributed by atoms with E-state index in [4.69, 9.17) is 0 Å². The molecule has 0 aliphatic rings. The van der Waals surface area contributed by atoms with Gasteiger partial charge in [-0.05, 0) is 23.8 Å². The van der Waals surface area contributed by atoms with E-state index >= 15 is 0 Å². The Morgan fingerprint density at radius 3 is 2.78 bits per heavy atom. The normalized spacial score (nSPS) is 10.4. The first-order valence-corrected chi connectivity index (χ1v) is 7.00. The highest BCUT2D eigenvalue weighted by Gasteiger charge is 2.11. The molecule has 118 valence electrons. The van der Waals surface area contributed by atoms with E-state index in [9.17, 15) is 14.9 Å². The molecule has 23 heavy (non-hydrogen) atoms. The Kier molecular flexibility index (Phi) is 5.81. The number of aromatic nitrogens is 1. The quantitative estimate of drug-likeness (QED) is 0.354. The lowest BCUT2D eigenvalue weighted by Crippen LogP contribution is -2.27. The lowest BCUT2D eigenvalue weighted by Gasteiger charge is -2.07. The third-order valence-electron chi connectivity index (χ3n) is 2.95. The summed E-state index contributed by atoms with van der Waals surface area (Å²) >= 11 is 0. The van der Waals surface area contributed by atoms with Crippen molar-refractivity contribution >= 4 is 23.4 Å². The van der Waals surface area contributed by atoms with Gasteiger partial charge in [0, 0.05) is 37.6 Å². The molecule has 0 saturated carbocycles. The van der Waals surface area contributed by atoms with Gasteiger partial charge < -0.3 is 10.6 Å². The summed E-state index contributed by atoms with van der Waals surface area (Å²) in [4.78, 5) is 26.0. The number of rotatable bonds is 7. The minimum atomic E-state index is -0.447. The summed E-state index contributed by atoms with van der Waals surface area (Å²) in [5.41, 5.74) is 1.27. The third kappa shape index (κ3) is 5.24. The minimum absolute atomic E-state index is 0.00954. The zero-order chi connectivity index (χ0) is 16.5. The van der Waals surface area contributed by atoms with Gasteiger partial charge in [-0.3, -0.25) is 19.9 Å². The Labute approximate surface area is 133 Å². The van der Waals surface area contributed by atoms with Crippen LogP contribution in [0.25, 0.3) is 6.08 Å². The van der Waals surface area contributed by atoms with Gasteiger partial charge in [0.15, 0.2) is 0 Å². The summed E-state index contributed by atoms with van der Waals surface area (Å²) in [5, 5.41) is 16.5. The second kappa shape index (κ2) is 8.28. The van der Waals surface area contributed by atoms with Gasteiger partial charge in [0.05, 0.1) is 4.92 Å². The number of benzene rings is 1. The maximum atomic E-state index is 11.6. The van der Waals surface area contributed by atoms with Crippen LogP contribution in [0.1, 0.15) is 5.56 Å². The van der Waals surface area contributed by atoms with Crippen molar-refractivity contribution in [1.82, 2.24) is 10.3 Å². The number of nitro groups is 1. The maximum Gasteiger partial charge on any atom is 0.292 e. The van der Waals surface area contributed by atoms with Crippen LogP contribution in [0.4, 0.5) is 11.4 Å². The zero-order valence-electron chi connectivity index (χ0n) is 12.3. The Hall–Kier alpha value is -3.22. The van der Waals surface area contributed by atoms with E-state index < -0.39 is 4.92 Å². The first-order chi connectivity index (χ1) is 11.2. The number of para-hydroxylation sites is 2. The fourth-order valence-electron chi connectivity index (χ4n) is 1.87. The van der Waals surface area contributed by atoms with Crippen molar-refractivity contribution in [2.24, 2.45) is 0 Å². The second-order valence-corrected chi connectivity index (χ2v) is 4.61. The maximum absolute atomic E-state index is 11.6. The molecule has 0 saturated heterocycles. The lowest BCUT2D eigenvalue weighted by atomic mass is 10.2. The van der Waals surface area contributed by atoms with E-state index in [1.165, 1.54) is 12.1 Å².